The van der Waals surface area contributed by atoms with Crippen LogP contribution in [0, 0.1) is 0 Å². The third-order valence-corrected chi connectivity index (χ3v) is 3.76. The molecule has 0 unspecified atom stereocenters. The maximum atomic E-state index is 13.0. The summed E-state index contributed by atoms with van der Waals surface area (Å²) < 4.78 is 55.0. The largest absolute Gasteiger partial charge is 0.493 e. The first kappa shape index (κ1) is 18.6. The number of alkyl halides is 3. The van der Waals surface area contributed by atoms with E-state index in [9.17, 15) is 13.2 Å². The average Bonchev–Trinajstić information content (AvgIpc) is 3.14. The molecule has 0 spiro atoms. The summed E-state index contributed by atoms with van der Waals surface area (Å²) in [5.41, 5.74) is -0.220. The molecule has 1 heterocycles. The first-order valence-corrected chi connectivity index (χ1v) is 7.87. The van der Waals surface area contributed by atoms with Gasteiger partial charge < -0.3 is 19.2 Å². The SMILES string of the molecule is COc1ccc(-c2nnc(CNc3ccccc3C(F)(F)F)o2)cc1OC. The van der Waals surface area contributed by atoms with Gasteiger partial charge in [-0.15, -0.1) is 10.2 Å². The second-order valence-corrected chi connectivity index (χ2v) is 5.47. The molecule has 9 heteroatoms. The smallest absolute Gasteiger partial charge is 0.418 e. The van der Waals surface area contributed by atoms with E-state index in [1.165, 1.54) is 32.4 Å². The number of nitrogens with zero attached hydrogens (tertiary/aromatic N) is 2. The van der Waals surface area contributed by atoms with Crippen molar-refractivity contribution in [2.24, 2.45) is 0 Å². The lowest BCUT2D eigenvalue weighted by Gasteiger charge is -2.13. The number of ether oxygens (including phenoxy) is 2. The average molecular weight is 379 g/mol. The lowest BCUT2D eigenvalue weighted by atomic mass is 10.1. The van der Waals surface area contributed by atoms with Crippen molar-refractivity contribution in [3.05, 3.63) is 53.9 Å². The molecular formula is C18H16F3N3O3. The zero-order valence-electron chi connectivity index (χ0n) is 14.5. The number of hydrogen-bond acceptors (Lipinski definition) is 6. The Labute approximate surface area is 152 Å². The Balaban J connectivity index is 1.76. The molecule has 0 aliphatic heterocycles. The minimum atomic E-state index is -4.46. The molecule has 0 aliphatic rings. The van der Waals surface area contributed by atoms with E-state index in [-0.39, 0.29) is 24.0 Å². The molecular weight excluding hydrogens is 363 g/mol. The van der Waals surface area contributed by atoms with Crippen molar-refractivity contribution in [1.29, 1.82) is 0 Å². The van der Waals surface area contributed by atoms with Gasteiger partial charge in [0.1, 0.15) is 0 Å². The van der Waals surface area contributed by atoms with Crippen LogP contribution in [0.2, 0.25) is 0 Å². The quantitative estimate of drug-likeness (QED) is 0.685. The van der Waals surface area contributed by atoms with E-state index >= 15 is 0 Å². The number of para-hydroxylation sites is 1. The Bertz CT molecular complexity index is 925. The number of hydrogen-bond donors (Lipinski definition) is 1. The molecule has 0 radical (unpaired) electrons. The molecule has 0 bridgehead atoms. The van der Waals surface area contributed by atoms with Crippen LogP contribution in [-0.2, 0) is 12.7 Å². The van der Waals surface area contributed by atoms with Crippen molar-refractivity contribution in [3.8, 4) is 23.0 Å². The van der Waals surface area contributed by atoms with Crippen LogP contribution in [-0.4, -0.2) is 24.4 Å². The summed E-state index contributed by atoms with van der Waals surface area (Å²) in [6, 6.07) is 10.3. The second-order valence-electron chi connectivity index (χ2n) is 5.47. The van der Waals surface area contributed by atoms with E-state index in [4.69, 9.17) is 13.9 Å². The lowest BCUT2D eigenvalue weighted by molar-refractivity contribution is -0.137. The summed E-state index contributed by atoms with van der Waals surface area (Å²) in [6.45, 7) is -0.0482. The molecule has 142 valence electrons. The van der Waals surface area contributed by atoms with Gasteiger partial charge in [-0.05, 0) is 30.3 Å². The van der Waals surface area contributed by atoms with Crippen molar-refractivity contribution in [1.82, 2.24) is 10.2 Å². The van der Waals surface area contributed by atoms with E-state index in [0.717, 1.165) is 6.07 Å². The number of rotatable bonds is 6. The Morgan fingerprint density at radius 3 is 2.44 bits per heavy atom. The van der Waals surface area contributed by atoms with Crippen LogP contribution in [0.15, 0.2) is 46.9 Å². The Morgan fingerprint density at radius 2 is 1.74 bits per heavy atom. The Hall–Kier alpha value is -3.23. The molecule has 0 saturated heterocycles. The molecule has 0 fully saturated rings. The molecule has 0 aliphatic carbocycles. The van der Waals surface area contributed by atoms with Crippen LogP contribution >= 0.6 is 0 Å². The lowest BCUT2D eigenvalue weighted by Crippen LogP contribution is -2.10. The number of aromatic nitrogens is 2. The molecule has 1 aromatic heterocycles. The highest BCUT2D eigenvalue weighted by Crippen LogP contribution is 2.35. The zero-order valence-corrected chi connectivity index (χ0v) is 14.5. The highest BCUT2D eigenvalue weighted by atomic mass is 19.4. The van der Waals surface area contributed by atoms with Gasteiger partial charge in [0.2, 0.25) is 11.8 Å². The van der Waals surface area contributed by atoms with Gasteiger partial charge in [-0.1, -0.05) is 12.1 Å². The van der Waals surface area contributed by atoms with Gasteiger partial charge in [0, 0.05) is 11.3 Å². The summed E-state index contributed by atoms with van der Waals surface area (Å²) in [5, 5.41) is 10.5. The van der Waals surface area contributed by atoms with Crippen molar-refractivity contribution < 1.29 is 27.1 Å². The molecule has 3 aromatic rings. The summed E-state index contributed by atoms with van der Waals surface area (Å²) in [7, 11) is 3.02. The number of nitrogens with one attached hydrogen (secondary N) is 1. The first-order chi connectivity index (χ1) is 12.9. The Kier molecular flexibility index (Phi) is 5.20. The highest BCUT2D eigenvalue weighted by Gasteiger charge is 2.33. The predicted molar refractivity (Wildman–Crippen MR) is 91.6 cm³/mol. The van der Waals surface area contributed by atoms with Crippen LogP contribution in [0.1, 0.15) is 11.5 Å². The maximum absolute atomic E-state index is 13.0. The number of halogens is 3. The van der Waals surface area contributed by atoms with Crippen LogP contribution in [0.25, 0.3) is 11.5 Å². The van der Waals surface area contributed by atoms with Gasteiger partial charge in [0.15, 0.2) is 11.5 Å². The van der Waals surface area contributed by atoms with E-state index < -0.39 is 11.7 Å². The summed E-state index contributed by atoms with van der Waals surface area (Å²) in [6.07, 6.45) is -4.46. The van der Waals surface area contributed by atoms with Crippen molar-refractivity contribution >= 4 is 5.69 Å². The van der Waals surface area contributed by atoms with Crippen molar-refractivity contribution in [2.75, 3.05) is 19.5 Å². The predicted octanol–water partition coefficient (Wildman–Crippen LogP) is 4.38. The number of benzene rings is 2. The normalized spacial score (nSPS) is 11.3. The van der Waals surface area contributed by atoms with Gasteiger partial charge in [-0.3, -0.25) is 0 Å². The third-order valence-electron chi connectivity index (χ3n) is 3.76. The van der Waals surface area contributed by atoms with E-state index in [1.54, 1.807) is 18.2 Å². The third kappa shape index (κ3) is 4.13. The van der Waals surface area contributed by atoms with Crippen LogP contribution < -0.4 is 14.8 Å². The summed E-state index contributed by atoms with van der Waals surface area (Å²) in [4.78, 5) is 0. The van der Waals surface area contributed by atoms with Crippen LogP contribution in [0.3, 0.4) is 0 Å². The van der Waals surface area contributed by atoms with Gasteiger partial charge in [-0.2, -0.15) is 13.2 Å². The minimum absolute atomic E-state index is 0.0482. The van der Waals surface area contributed by atoms with Crippen molar-refractivity contribution in [2.45, 2.75) is 12.7 Å². The fourth-order valence-corrected chi connectivity index (χ4v) is 2.47. The van der Waals surface area contributed by atoms with Gasteiger partial charge in [-0.25, -0.2) is 0 Å². The molecule has 2 aromatic carbocycles. The van der Waals surface area contributed by atoms with E-state index in [2.05, 4.69) is 15.5 Å². The Morgan fingerprint density at radius 1 is 1.00 bits per heavy atom. The highest BCUT2D eigenvalue weighted by molar-refractivity contribution is 5.59. The zero-order chi connectivity index (χ0) is 19.4. The molecule has 0 saturated carbocycles. The van der Waals surface area contributed by atoms with Gasteiger partial charge >= 0.3 is 6.18 Å². The van der Waals surface area contributed by atoms with Gasteiger partial charge in [0.05, 0.1) is 26.3 Å². The topological polar surface area (TPSA) is 69.4 Å². The molecule has 3 rings (SSSR count). The number of methoxy groups -OCH3 is 2. The fraction of sp³-hybridized carbons (Fsp3) is 0.222. The summed E-state index contributed by atoms with van der Waals surface area (Å²) >= 11 is 0. The van der Waals surface area contributed by atoms with Crippen LogP contribution in [0.4, 0.5) is 18.9 Å². The maximum Gasteiger partial charge on any atom is 0.418 e. The molecule has 1 N–H and O–H groups in total. The van der Waals surface area contributed by atoms with E-state index in [0.29, 0.717) is 17.1 Å². The standard InChI is InChI=1S/C18H16F3N3O3/c1-25-14-8-7-11(9-15(14)26-2)17-24-23-16(27-17)10-22-13-6-4-3-5-12(13)18(19,20)21/h3-9,22H,10H2,1-2H3. The molecule has 0 atom stereocenters. The summed E-state index contributed by atoms with van der Waals surface area (Å²) in [5.74, 6) is 1.41. The molecule has 27 heavy (non-hydrogen) atoms. The first-order valence-electron chi connectivity index (χ1n) is 7.87. The minimum Gasteiger partial charge on any atom is -0.493 e. The monoisotopic (exact) mass is 379 g/mol. The van der Waals surface area contributed by atoms with Gasteiger partial charge in [0.25, 0.3) is 0 Å². The van der Waals surface area contributed by atoms with E-state index in [1.807, 2.05) is 0 Å². The van der Waals surface area contributed by atoms with Crippen LogP contribution in [0.5, 0.6) is 11.5 Å². The fourth-order valence-electron chi connectivity index (χ4n) is 2.47. The second kappa shape index (κ2) is 7.56. The molecule has 6 nitrogen and oxygen atoms in total. The van der Waals surface area contributed by atoms with Crippen molar-refractivity contribution in [3.63, 3.8) is 0 Å². The number of anilines is 1. The molecule has 0 amide bonds.